The van der Waals surface area contributed by atoms with Crippen molar-refractivity contribution in [3.05, 3.63) is 0 Å². The molecule has 132 valence electrons. The second-order valence-electron chi connectivity index (χ2n) is 6.51. The summed E-state index contributed by atoms with van der Waals surface area (Å²) in [6.07, 6.45) is 0.724. The Labute approximate surface area is 137 Å². The summed E-state index contributed by atoms with van der Waals surface area (Å²) in [5.41, 5.74) is 0. The number of nitrogens with one attached hydrogen (secondary N) is 2. The molecule has 0 heterocycles. The van der Waals surface area contributed by atoms with Gasteiger partial charge in [-0.3, -0.25) is 9.59 Å². The fourth-order valence-corrected chi connectivity index (χ4v) is 2.10. The molecule has 7 heteroatoms. The molecule has 0 aliphatic carbocycles. The van der Waals surface area contributed by atoms with Crippen LogP contribution in [0.3, 0.4) is 0 Å². The molecule has 7 nitrogen and oxygen atoms in total. The Balaban J connectivity index is 4.92. The normalized spacial score (nSPS) is 13.4. The Kier molecular flexibility index (Phi) is 9.14. The molecule has 0 fully saturated rings. The molecule has 23 heavy (non-hydrogen) atoms. The number of hydrogen-bond donors (Lipinski definition) is 2. The minimum atomic E-state index is -0.881. The van der Waals surface area contributed by atoms with Gasteiger partial charge < -0.3 is 15.4 Å². The highest BCUT2D eigenvalue weighted by Crippen LogP contribution is 2.10. The average molecular weight is 328 g/mol. The summed E-state index contributed by atoms with van der Waals surface area (Å²) in [5.74, 6) is -2.09. The fraction of sp³-hybridized carbons (Fsp3) is 0.750. The van der Waals surface area contributed by atoms with Crippen molar-refractivity contribution in [1.29, 1.82) is 0 Å². The standard InChI is InChI=1S/C16H28N2O5/c1-9(2)7-13(17-11(5)19)15(21)23-16(22)14(8-10(3)4)18-12(6)20/h9-10,13-14H,7-8H2,1-6H3,(H,17,19)(H,18,20)/t13-,14?/m0/s1. The third-order valence-electron chi connectivity index (χ3n) is 2.94. The van der Waals surface area contributed by atoms with Gasteiger partial charge in [-0.15, -0.1) is 0 Å². The summed E-state index contributed by atoms with van der Waals surface area (Å²) in [6, 6.07) is -1.76. The minimum Gasteiger partial charge on any atom is -0.390 e. The summed E-state index contributed by atoms with van der Waals surface area (Å²) < 4.78 is 4.87. The van der Waals surface area contributed by atoms with Crippen LogP contribution >= 0.6 is 0 Å². The van der Waals surface area contributed by atoms with Crippen molar-refractivity contribution in [1.82, 2.24) is 10.6 Å². The smallest absolute Gasteiger partial charge is 0.336 e. The lowest BCUT2D eigenvalue weighted by atomic mass is 10.0. The van der Waals surface area contributed by atoms with Crippen LogP contribution in [0, 0.1) is 11.8 Å². The van der Waals surface area contributed by atoms with Crippen LogP contribution in [0.25, 0.3) is 0 Å². The van der Waals surface area contributed by atoms with Crippen LogP contribution in [-0.2, 0) is 23.9 Å². The van der Waals surface area contributed by atoms with Crippen LogP contribution in [0.15, 0.2) is 0 Å². The van der Waals surface area contributed by atoms with Gasteiger partial charge in [0.2, 0.25) is 11.8 Å². The lowest BCUT2D eigenvalue weighted by molar-refractivity contribution is -0.164. The van der Waals surface area contributed by atoms with Gasteiger partial charge in [-0.1, -0.05) is 27.7 Å². The first-order chi connectivity index (χ1) is 10.5. The zero-order valence-corrected chi connectivity index (χ0v) is 14.8. The van der Waals surface area contributed by atoms with Crippen LogP contribution in [0.1, 0.15) is 54.4 Å². The van der Waals surface area contributed by atoms with Gasteiger partial charge in [0.15, 0.2) is 0 Å². The molecular weight excluding hydrogens is 300 g/mol. The van der Waals surface area contributed by atoms with E-state index in [4.69, 9.17) is 4.74 Å². The molecular formula is C16H28N2O5. The molecule has 0 rings (SSSR count). The van der Waals surface area contributed by atoms with E-state index >= 15 is 0 Å². The fourth-order valence-electron chi connectivity index (χ4n) is 2.10. The van der Waals surface area contributed by atoms with E-state index < -0.39 is 24.0 Å². The summed E-state index contributed by atoms with van der Waals surface area (Å²) in [5, 5.41) is 4.97. The predicted molar refractivity (Wildman–Crippen MR) is 85.2 cm³/mol. The SMILES string of the molecule is CC(=O)NC(CC(C)C)C(=O)OC(=O)[C@H](CC(C)C)NC(C)=O. The maximum atomic E-state index is 12.1. The van der Waals surface area contributed by atoms with E-state index in [-0.39, 0.29) is 23.7 Å². The lowest BCUT2D eigenvalue weighted by Gasteiger charge is -2.21. The van der Waals surface area contributed by atoms with Gasteiger partial charge >= 0.3 is 11.9 Å². The van der Waals surface area contributed by atoms with E-state index in [1.165, 1.54) is 13.8 Å². The number of rotatable bonds is 8. The zero-order chi connectivity index (χ0) is 18.2. The number of hydrogen-bond acceptors (Lipinski definition) is 5. The molecule has 0 aliphatic heterocycles. The van der Waals surface area contributed by atoms with E-state index in [0.29, 0.717) is 12.8 Å². The van der Waals surface area contributed by atoms with Crippen LogP contribution in [0.5, 0.6) is 0 Å². The third-order valence-corrected chi connectivity index (χ3v) is 2.94. The van der Waals surface area contributed by atoms with E-state index in [0.717, 1.165) is 0 Å². The van der Waals surface area contributed by atoms with E-state index in [1.54, 1.807) is 0 Å². The molecule has 0 radical (unpaired) electrons. The molecule has 0 spiro atoms. The van der Waals surface area contributed by atoms with Crippen LogP contribution in [0.4, 0.5) is 0 Å². The highest BCUT2D eigenvalue weighted by molar-refractivity contribution is 5.94. The molecule has 0 aromatic carbocycles. The summed E-state index contributed by atoms with van der Waals surface area (Å²) in [4.78, 5) is 46.6. The van der Waals surface area contributed by atoms with Crippen molar-refractivity contribution in [2.45, 2.75) is 66.5 Å². The van der Waals surface area contributed by atoms with Crippen molar-refractivity contribution in [2.75, 3.05) is 0 Å². The van der Waals surface area contributed by atoms with Crippen LogP contribution in [0.2, 0.25) is 0 Å². The quantitative estimate of drug-likeness (QED) is 0.514. The monoisotopic (exact) mass is 328 g/mol. The maximum absolute atomic E-state index is 12.1. The number of ether oxygens (including phenoxy) is 1. The van der Waals surface area contributed by atoms with Gasteiger partial charge in [-0.05, 0) is 24.7 Å². The highest BCUT2D eigenvalue weighted by Gasteiger charge is 2.29. The maximum Gasteiger partial charge on any atom is 0.336 e. The highest BCUT2D eigenvalue weighted by atomic mass is 16.6. The molecule has 2 N–H and O–H groups in total. The Morgan fingerprint density at radius 1 is 0.739 bits per heavy atom. The van der Waals surface area contributed by atoms with Crippen molar-refractivity contribution in [3.8, 4) is 0 Å². The summed E-state index contributed by atoms with van der Waals surface area (Å²) in [6.45, 7) is 10.2. The third kappa shape index (κ3) is 9.65. The first-order valence-electron chi connectivity index (χ1n) is 7.82. The second kappa shape index (κ2) is 9.97. The van der Waals surface area contributed by atoms with Crippen molar-refractivity contribution >= 4 is 23.8 Å². The minimum absolute atomic E-state index is 0.135. The van der Waals surface area contributed by atoms with Crippen molar-refractivity contribution in [3.63, 3.8) is 0 Å². The summed E-state index contributed by atoms with van der Waals surface area (Å²) in [7, 11) is 0. The van der Waals surface area contributed by atoms with Crippen LogP contribution < -0.4 is 10.6 Å². The Morgan fingerprint density at radius 2 is 1.04 bits per heavy atom. The topological polar surface area (TPSA) is 102 Å². The predicted octanol–water partition coefficient (Wildman–Crippen LogP) is 1.16. The first kappa shape index (κ1) is 21.1. The van der Waals surface area contributed by atoms with Crippen molar-refractivity contribution < 1.29 is 23.9 Å². The molecule has 2 amide bonds. The zero-order valence-electron chi connectivity index (χ0n) is 14.8. The van der Waals surface area contributed by atoms with Crippen LogP contribution in [-0.4, -0.2) is 35.8 Å². The number of carbonyl (C=O) groups excluding carboxylic acids is 4. The van der Waals surface area contributed by atoms with Gasteiger partial charge in [0.25, 0.3) is 0 Å². The molecule has 2 atom stereocenters. The Morgan fingerprint density at radius 3 is 1.26 bits per heavy atom. The van der Waals surface area contributed by atoms with Gasteiger partial charge in [0, 0.05) is 13.8 Å². The molecule has 0 aliphatic rings. The molecule has 0 aromatic rings. The average Bonchev–Trinajstić information content (AvgIpc) is 2.34. The number of amides is 2. The molecule has 0 saturated heterocycles. The molecule has 0 bridgehead atoms. The molecule has 0 saturated carbocycles. The molecule has 0 aromatic heterocycles. The Bertz CT molecular complexity index is 406. The Hall–Kier alpha value is -1.92. The molecule has 1 unspecified atom stereocenters. The summed E-state index contributed by atoms with van der Waals surface area (Å²) >= 11 is 0. The van der Waals surface area contributed by atoms with E-state index in [9.17, 15) is 19.2 Å². The first-order valence-corrected chi connectivity index (χ1v) is 7.82. The lowest BCUT2D eigenvalue weighted by Crippen LogP contribution is -2.46. The van der Waals surface area contributed by atoms with Gasteiger partial charge in [0.05, 0.1) is 0 Å². The largest absolute Gasteiger partial charge is 0.390 e. The van der Waals surface area contributed by atoms with Crippen molar-refractivity contribution in [2.24, 2.45) is 11.8 Å². The second-order valence-corrected chi connectivity index (χ2v) is 6.51. The number of carbonyl (C=O) groups is 4. The van der Waals surface area contributed by atoms with E-state index in [2.05, 4.69) is 10.6 Å². The van der Waals surface area contributed by atoms with Gasteiger partial charge in [0.1, 0.15) is 12.1 Å². The van der Waals surface area contributed by atoms with Gasteiger partial charge in [-0.2, -0.15) is 0 Å². The van der Waals surface area contributed by atoms with E-state index in [1.807, 2.05) is 27.7 Å². The van der Waals surface area contributed by atoms with Gasteiger partial charge in [-0.25, -0.2) is 9.59 Å². The number of esters is 2.